The van der Waals surface area contributed by atoms with Crippen LogP contribution in [-0.4, -0.2) is 25.5 Å². The number of likely N-dealkylation sites (N-methyl/N-ethyl adjacent to an activating group) is 1. The molecule has 4 nitrogen and oxygen atoms in total. The minimum atomic E-state index is -0.220. The van der Waals surface area contributed by atoms with Crippen molar-refractivity contribution >= 4 is 17.3 Å². The summed E-state index contributed by atoms with van der Waals surface area (Å²) < 4.78 is 0. The lowest BCUT2D eigenvalue weighted by molar-refractivity contribution is -0.117. The average molecular weight is 261 g/mol. The van der Waals surface area contributed by atoms with Crippen molar-refractivity contribution in [1.29, 1.82) is 0 Å². The van der Waals surface area contributed by atoms with Crippen molar-refractivity contribution in [3.05, 3.63) is 23.8 Å². The van der Waals surface area contributed by atoms with Crippen molar-refractivity contribution in [3.8, 4) is 0 Å². The first-order valence-electron chi connectivity index (χ1n) is 7.01. The highest BCUT2D eigenvalue weighted by Gasteiger charge is 2.29. The molecule has 1 aliphatic rings. The molecule has 2 rings (SSSR count). The quantitative estimate of drug-likeness (QED) is 0.856. The summed E-state index contributed by atoms with van der Waals surface area (Å²) in [5.74, 6) is 0.0289. The van der Waals surface area contributed by atoms with Crippen molar-refractivity contribution in [1.82, 2.24) is 5.32 Å². The second-order valence-corrected chi connectivity index (χ2v) is 5.03. The fourth-order valence-electron chi connectivity index (χ4n) is 2.68. The van der Waals surface area contributed by atoms with Gasteiger partial charge in [-0.1, -0.05) is 13.0 Å². The molecule has 0 radical (unpaired) electrons. The van der Waals surface area contributed by atoms with Gasteiger partial charge in [0.1, 0.15) is 6.04 Å². The molecule has 0 bridgehead atoms. The summed E-state index contributed by atoms with van der Waals surface area (Å²) >= 11 is 0. The fourth-order valence-corrected chi connectivity index (χ4v) is 2.68. The molecule has 1 heterocycles. The summed E-state index contributed by atoms with van der Waals surface area (Å²) in [4.78, 5) is 14.2. The first-order chi connectivity index (χ1) is 9.12. The van der Waals surface area contributed by atoms with Crippen molar-refractivity contribution in [2.75, 3.05) is 23.8 Å². The van der Waals surface area contributed by atoms with Crippen LogP contribution in [0.3, 0.4) is 0 Å². The van der Waals surface area contributed by atoms with E-state index in [1.807, 2.05) is 7.05 Å². The first-order valence-corrected chi connectivity index (χ1v) is 7.01. The van der Waals surface area contributed by atoms with Gasteiger partial charge in [-0.3, -0.25) is 4.79 Å². The zero-order chi connectivity index (χ0) is 14.0. The Balaban J connectivity index is 2.32. The number of amides is 1. The van der Waals surface area contributed by atoms with E-state index in [1.54, 1.807) is 0 Å². The van der Waals surface area contributed by atoms with E-state index in [1.165, 1.54) is 5.69 Å². The maximum Gasteiger partial charge on any atom is 0.246 e. The number of nitrogens with zero attached hydrogens (tertiary/aromatic N) is 1. The minimum Gasteiger partial charge on any atom is -0.369 e. The molecule has 0 aliphatic carbocycles. The molecule has 0 aromatic heterocycles. The number of carbonyl (C=O) groups is 1. The molecule has 4 heteroatoms. The highest BCUT2D eigenvalue weighted by molar-refractivity contribution is 6.03. The standard InChI is InChI=1S/C15H23N3O/c1-5-10(3)18(6-2)11-7-8-12-13(9-11)17-15(19)14(12)16-4/h7-10,14,16H,5-6H2,1-4H3,(H,17,19). The number of rotatable bonds is 5. The van der Waals surface area contributed by atoms with Crippen LogP contribution in [0.2, 0.25) is 0 Å². The lowest BCUT2D eigenvalue weighted by Crippen LogP contribution is -2.32. The molecule has 0 saturated carbocycles. The van der Waals surface area contributed by atoms with Crippen LogP contribution in [0.5, 0.6) is 0 Å². The van der Waals surface area contributed by atoms with Gasteiger partial charge in [-0.2, -0.15) is 0 Å². The second-order valence-electron chi connectivity index (χ2n) is 5.03. The SMILES string of the molecule is CCC(C)N(CC)c1ccc2c(c1)NC(=O)C2NC. The van der Waals surface area contributed by atoms with E-state index in [4.69, 9.17) is 0 Å². The number of hydrogen-bond donors (Lipinski definition) is 2. The maximum atomic E-state index is 11.8. The van der Waals surface area contributed by atoms with Crippen LogP contribution in [-0.2, 0) is 4.79 Å². The number of fused-ring (bicyclic) bond motifs is 1. The van der Waals surface area contributed by atoms with Crippen LogP contribution in [0.25, 0.3) is 0 Å². The van der Waals surface area contributed by atoms with Gasteiger partial charge in [0.15, 0.2) is 0 Å². The van der Waals surface area contributed by atoms with E-state index in [0.717, 1.165) is 24.2 Å². The number of nitrogens with one attached hydrogen (secondary N) is 2. The maximum absolute atomic E-state index is 11.8. The molecule has 0 fully saturated rings. The monoisotopic (exact) mass is 261 g/mol. The van der Waals surface area contributed by atoms with Gasteiger partial charge in [-0.25, -0.2) is 0 Å². The van der Waals surface area contributed by atoms with Crippen molar-refractivity contribution in [2.24, 2.45) is 0 Å². The topological polar surface area (TPSA) is 44.4 Å². The average Bonchev–Trinajstić information content (AvgIpc) is 2.73. The van der Waals surface area contributed by atoms with Gasteiger partial charge in [0.2, 0.25) is 5.91 Å². The van der Waals surface area contributed by atoms with Crippen molar-refractivity contribution in [2.45, 2.75) is 39.3 Å². The molecular weight excluding hydrogens is 238 g/mol. The highest BCUT2D eigenvalue weighted by atomic mass is 16.2. The fraction of sp³-hybridized carbons (Fsp3) is 0.533. The number of carbonyl (C=O) groups excluding carboxylic acids is 1. The van der Waals surface area contributed by atoms with Crippen LogP contribution in [0.1, 0.15) is 38.8 Å². The third-order valence-corrected chi connectivity index (χ3v) is 3.95. The Kier molecular flexibility index (Phi) is 4.10. The number of hydrogen-bond acceptors (Lipinski definition) is 3. The summed E-state index contributed by atoms with van der Waals surface area (Å²) in [7, 11) is 1.81. The van der Waals surface area contributed by atoms with Gasteiger partial charge in [0, 0.05) is 29.5 Å². The van der Waals surface area contributed by atoms with Gasteiger partial charge < -0.3 is 15.5 Å². The number of anilines is 2. The normalized spacial score (nSPS) is 18.9. The van der Waals surface area contributed by atoms with Crippen LogP contribution in [0, 0.1) is 0 Å². The van der Waals surface area contributed by atoms with Crippen LogP contribution < -0.4 is 15.5 Å². The molecule has 0 saturated heterocycles. The molecule has 104 valence electrons. The van der Waals surface area contributed by atoms with Crippen LogP contribution in [0.4, 0.5) is 11.4 Å². The van der Waals surface area contributed by atoms with Crippen LogP contribution >= 0.6 is 0 Å². The van der Waals surface area contributed by atoms with E-state index in [2.05, 4.69) is 54.5 Å². The Morgan fingerprint density at radius 2 is 2.16 bits per heavy atom. The first kappa shape index (κ1) is 13.9. The number of benzene rings is 1. The van der Waals surface area contributed by atoms with Gasteiger partial charge in [0.25, 0.3) is 0 Å². The predicted molar refractivity (Wildman–Crippen MR) is 79.6 cm³/mol. The zero-order valence-corrected chi connectivity index (χ0v) is 12.2. The van der Waals surface area contributed by atoms with Crippen molar-refractivity contribution in [3.63, 3.8) is 0 Å². The smallest absolute Gasteiger partial charge is 0.246 e. The second kappa shape index (κ2) is 5.61. The Labute approximate surface area is 115 Å². The van der Waals surface area contributed by atoms with E-state index in [-0.39, 0.29) is 11.9 Å². The van der Waals surface area contributed by atoms with Gasteiger partial charge in [-0.05, 0) is 39.4 Å². The van der Waals surface area contributed by atoms with E-state index >= 15 is 0 Å². The third kappa shape index (κ3) is 2.45. The predicted octanol–water partition coefficient (Wildman–Crippen LogP) is 2.52. The molecule has 2 N–H and O–H groups in total. The lowest BCUT2D eigenvalue weighted by atomic mass is 10.1. The molecule has 2 atom stereocenters. The molecular formula is C15H23N3O. The molecule has 1 aliphatic heterocycles. The lowest BCUT2D eigenvalue weighted by Gasteiger charge is -2.30. The summed E-state index contributed by atoms with van der Waals surface area (Å²) in [5, 5.41) is 5.99. The zero-order valence-electron chi connectivity index (χ0n) is 12.2. The Hall–Kier alpha value is -1.55. The summed E-state index contributed by atoms with van der Waals surface area (Å²) in [6, 6.07) is 6.52. The largest absolute Gasteiger partial charge is 0.369 e. The molecule has 1 aromatic rings. The molecule has 0 spiro atoms. The van der Waals surface area contributed by atoms with Gasteiger partial charge >= 0.3 is 0 Å². The van der Waals surface area contributed by atoms with Gasteiger partial charge in [0.05, 0.1) is 0 Å². The van der Waals surface area contributed by atoms with E-state index < -0.39 is 0 Å². The summed E-state index contributed by atoms with van der Waals surface area (Å²) in [6.07, 6.45) is 1.11. The Bertz CT molecular complexity index is 472. The van der Waals surface area contributed by atoms with E-state index in [0.29, 0.717) is 6.04 Å². The summed E-state index contributed by atoms with van der Waals surface area (Å²) in [6.45, 7) is 7.55. The molecule has 2 unspecified atom stereocenters. The van der Waals surface area contributed by atoms with Gasteiger partial charge in [-0.15, -0.1) is 0 Å². The van der Waals surface area contributed by atoms with E-state index in [9.17, 15) is 4.79 Å². The van der Waals surface area contributed by atoms with Crippen molar-refractivity contribution < 1.29 is 4.79 Å². The molecule has 1 amide bonds. The highest BCUT2D eigenvalue weighted by Crippen LogP contribution is 2.34. The third-order valence-electron chi connectivity index (χ3n) is 3.95. The minimum absolute atomic E-state index is 0.0289. The Morgan fingerprint density at radius 1 is 1.42 bits per heavy atom. The summed E-state index contributed by atoms with van der Waals surface area (Å²) in [5.41, 5.74) is 3.15. The van der Waals surface area contributed by atoms with Crippen LogP contribution in [0.15, 0.2) is 18.2 Å². The Morgan fingerprint density at radius 3 is 2.74 bits per heavy atom. The molecule has 19 heavy (non-hydrogen) atoms. The molecule has 1 aromatic carbocycles.